The standard InChI is InChI=1S/C18H32N6O9/c19-6-2-1-3-10(16(30)24-12(18(32)33)7-13(21)26)23-17(31)11(4-5-14(27)28)22-15(29)9(20)8-25/h9-12,25H,1-8,19-20H2,(H2,21,26)(H,22,29)(H,23,31)(H,24,30)(H,27,28)(H,32,33). The van der Waals surface area contributed by atoms with Crippen molar-refractivity contribution in [1.82, 2.24) is 16.0 Å². The van der Waals surface area contributed by atoms with Crippen molar-refractivity contribution >= 4 is 35.6 Å². The van der Waals surface area contributed by atoms with Gasteiger partial charge in [-0.05, 0) is 32.2 Å². The van der Waals surface area contributed by atoms with Gasteiger partial charge in [-0.25, -0.2) is 4.79 Å². The zero-order valence-corrected chi connectivity index (χ0v) is 18.0. The summed E-state index contributed by atoms with van der Waals surface area (Å²) in [6, 6.07) is -5.68. The molecule has 0 rings (SSSR count). The quantitative estimate of drug-likeness (QED) is 0.0905. The molecule has 188 valence electrons. The summed E-state index contributed by atoms with van der Waals surface area (Å²) in [5.41, 5.74) is 15.8. The Morgan fingerprint density at radius 1 is 0.788 bits per heavy atom. The third-order valence-electron chi connectivity index (χ3n) is 4.41. The minimum Gasteiger partial charge on any atom is -0.481 e. The van der Waals surface area contributed by atoms with Crippen LogP contribution in [0, 0.1) is 0 Å². The molecule has 4 atom stereocenters. The topological polar surface area (TPSA) is 277 Å². The van der Waals surface area contributed by atoms with E-state index >= 15 is 0 Å². The van der Waals surface area contributed by atoms with Crippen molar-refractivity contribution in [2.24, 2.45) is 17.2 Å². The second-order valence-electron chi connectivity index (χ2n) is 7.20. The minimum atomic E-state index is -1.63. The molecule has 0 fully saturated rings. The van der Waals surface area contributed by atoms with Gasteiger partial charge in [0.1, 0.15) is 24.2 Å². The SMILES string of the molecule is NCCCCC(NC(=O)C(CCC(=O)O)NC(=O)C(N)CO)C(=O)NC(CC(N)=O)C(=O)O. The van der Waals surface area contributed by atoms with Crippen molar-refractivity contribution in [2.75, 3.05) is 13.2 Å². The molecular formula is C18H32N6O9. The molecule has 0 aliphatic rings. The number of carboxylic acids is 2. The first-order valence-electron chi connectivity index (χ1n) is 10.1. The Kier molecular flexibility index (Phi) is 13.9. The van der Waals surface area contributed by atoms with E-state index in [9.17, 15) is 33.9 Å². The molecule has 4 unspecified atom stereocenters. The highest BCUT2D eigenvalue weighted by Gasteiger charge is 2.30. The molecule has 0 radical (unpaired) electrons. The molecule has 0 aromatic heterocycles. The normalized spacial score (nSPS) is 14.3. The maximum Gasteiger partial charge on any atom is 0.326 e. The van der Waals surface area contributed by atoms with Crippen LogP contribution in [0.3, 0.4) is 0 Å². The van der Waals surface area contributed by atoms with Crippen LogP contribution >= 0.6 is 0 Å². The largest absolute Gasteiger partial charge is 0.481 e. The second kappa shape index (κ2) is 15.5. The number of carbonyl (C=O) groups excluding carboxylic acids is 4. The van der Waals surface area contributed by atoms with Crippen LogP contribution in [0.15, 0.2) is 0 Å². The minimum absolute atomic E-state index is 0.0352. The van der Waals surface area contributed by atoms with Crippen molar-refractivity contribution in [1.29, 1.82) is 0 Å². The van der Waals surface area contributed by atoms with Crippen LogP contribution in [-0.2, 0) is 28.8 Å². The molecule has 33 heavy (non-hydrogen) atoms. The number of rotatable bonds is 17. The van der Waals surface area contributed by atoms with Gasteiger partial charge < -0.3 is 48.5 Å². The fraction of sp³-hybridized carbons (Fsp3) is 0.667. The molecule has 0 aromatic carbocycles. The van der Waals surface area contributed by atoms with E-state index in [0.717, 1.165) is 0 Å². The predicted molar refractivity (Wildman–Crippen MR) is 112 cm³/mol. The third kappa shape index (κ3) is 12.4. The molecular weight excluding hydrogens is 444 g/mol. The van der Waals surface area contributed by atoms with Crippen LogP contribution in [0.4, 0.5) is 0 Å². The van der Waals surface area contributed by atoms with E-state index in [1.54, 1.807) is 0 Å². The number of carboxylic acid groups (broad SMARTS) is 2. The number of nitrogens with one attached hydrogen (secondary N) is 3. The predicted octanol–water partition coefficient (Wildman–Crippen LogP) is -4.29. The van der Waals surface area contributed by atoms with Gasteiger partial charge in [-0.15, -0.1) is 0 Å². The van der Waals surface area contributed by atoms with Crippen LogP contribution in [0.25, 0.3) is 0 Å². The first-order chi connectivity index (χ1) is 15.4. The molecule has 15 nitrogen and oxygen atoms in total. The summed E-state index contributed by atoms with van der Waals surface area (Å²) in [4.78, 5) is 70.6. The number of aliphatic hydroxyl groups excluding tert-OH is 1. The number of carbonyl (C=O) groups is 6. The van der Waals surface area contributed by atoms with E-state index in [0.29, 0.717) is 12.8 Å². The number of unbranched alkanes of at least 4 members (excludes halogenated alkanes) is 1. The Bertz CT molecular complexity index is 718. The smallest absolute Gasteiger partial charge is 0.326 e. The molecule has 0 saturated carbocycles. The molecule has 0 aromatic rings. The van der Waals surface area contributed by atoms with E-state index in [1.165, 1.54) is 0 Å². The molecule has 15 heteroatoms. The number of hydrogen-bond acceptors (Lipinski definition) is 9. The Morgan fingerprint density at radius 2 is 1.30 bits per heavy atom. The van der Waals surface area contributed by atoms with Gasteiger partial charge in [-0.3, -0.25) is 24.0 Å². The Balaban J connectivity index is 5.53. The summed E-state index contributed by atoms with van der Waals surface area (Å²) in [5.74, 6) is -6.50. The number of nitrogens with two attached hydrogens (primary N) is 3. The van der Waals surface area contributed by atoms with E-state index in [4.69, 9.17) is 27.4 Å². The summed E-state index contributed by atoms with van der Waals surface area (Å²) < 4.78 is 0. The van der Waals surface area contributed by atoms with Gasteiger partial charge in [0.15, 0.2) is 0 Å². The zero-order chi connectivity index (χ0) is 25.6. The second-order valence-corrected chi connectivity index (χ2v) is 7.20. The average molecular weight is 476 g/mol. The summed E-state index contributed by atoms with van der Waals surface area (Å²) in [6.45, 7) is -0.433. The van der Waals surface area contributed by atoms with Gasteiger partial charge in [0.05, 0.1) is 13.0 Å². The van der Waals surface area contributed by atoms with Crippen molar-refractivity contribution in [2.45, 2.75) is 62.7 Å². The van der Waals surface area contributed by atoms with Crippen LogP contribution < -0.4 is 33.2 Å². The highest BCUT2D eigenvalue weighted by atomic mass is 16.4. The summed E-state index contributed by atoms with van der Waals surface area (Å²) in [5, 5.41) is 33.7. The lowest BCUT2D eigenvalue weighted by Crippen LogP contribution is -2.57. The maximum atomic E-state index is 12.7. The molecule has 0 aliphatic carbocycles. The maximum absolute atomic E-state index is 12.7. The van der Waals surface area contributed by atoms with E-state index in [1.807, 2.05) is 0 Å². The molecule has 0 spiro atoms. The number of aliphatic carboxylic acids is 2. The van der Waals surface area contributed by atoms with E-state index in [-0.39, 0.29) is 19.4 Å². The molecule has 0 saturated heterocycles. The van der Waals surface area contributed by atoms with Crippen LogP contribution in [0.1, 0.15) is 38.5 Å². The lowest BCUT2D eigenvalue weighted by Gasteiger charge is -2.24. The van der Waals surface area contributed by atoms with Gasteiger partial charge in [0, 0.05) is 6.42 Å². The van der Waals surface area contributed by atoms with Gasteiger partial charge in [-0.2, -0.15) is 0 Å². The van der Waals surface area contributed by atoms with Crippen molar-refractivity contribution in [3.8, 4) is 0 Å². The van der Waals surface area contributed by atoms with Gasteiger partial charge in [0.25, 0.3) is 0 Å². The fourth-order valence-corrected chi connectivity index (χ4v) is 2.61. The fourth-order valence-electron chi connectivity index (χ4n) is 2.61. The molecule has 0 aliphatic heterocycles. The highest BCUT2D eigenvalue weighted by Crippen LogP contribution is 2.06. The summed E-state index contributed by atoms with van der Waals surface area (Å²) >= 11 is 0. The lowest BCUT2D eigenvalue weighted by molar-refractivity contribution is -0.143. The van der Waals surface area contributed by atoms with Gasteiger partial charge in [-0.1, -0.05) is 0 Å². The third-order valence-corrected chi connectivity index (χ3v) is 4.41. The average Bonchev–Trinajstić information content (AvgIpc) is 2.73. The molecule has 0 bridgehead atoms. The number of aliphatic hydroxyl groups is 1. The van der Waals surface area contributed by atoms with Crippen molar-refractivity contribution in [3.63, 3.8) is 0 Å². The first-order valence-corrected chi connectivity index (χ1v) is 10.1. The molecule has 4 amide bonds. The van der Waals surface area contributed by atoms with Crippen LogP contribution in [0.2, 0.25) is 0 Å². The monoisotopic (exact) mass is 476 g/mol. The Morgan fingerprint density at radius 3 is 1.76 bits per heavy atom. The van der Waals surface area contributed by atoms with Crippen molar-refractivity contribution in [3.05, 3.63) is 0 Å². The number of primary amides is 1. The van der Waals surface area contributed by atoms with Gasteiger partial charge in [0.2, 0.25) is 23.6 Å². The number of amides is 4. The van der Waals surface area contributed by atoms with Gasteiger partial charge >= 0.3 is 11.9 Å². The van der Waals surface area contributed by atoms with Crippen molar-refractivity contribution < 1.29 is 44.1 Å². The zero-order valence-electron chi connectivity index (χ0n) is 18.0. The Labute approximate surface area is 189 Å². The van der Waals surface area contributed by atoms with Crippen LogP contribution in [-0.4, -0.2) is 88.2 Å². The number of hydrogen-bond donors (Lipinski definition) is 9. The summed E-state index contributed by atoms with van der Waals surface area (Å²) in [6.07, 6.45) is -0.649. The summed E-state index contributed by atoms with van der Waals surface area (Å²) in [7, 11) is 0. The first kappa shape index (κ1) is 29.7. The molecule has 12 N–H and O–H groups in total. The highest BCUT2D eigenvalue weighted by molar-refractivity contribution is 5.95. The van der Waals surface area contributed by atoms with Crippen LogP contribution in [0.5, 0.6) is 0 Å². The van der Waals surface area contributed by atoms with E-state index < -0.39 is 79.2 Å². The Hall–Kier alpha value is -3.30. The lowest BCUT2D eigenvalue weighted by atomic mass is 10.0. The molecule has 0 heterocycles. The van der Waals surface area contributed by atoms with E-state index in [2.05, 4.69) is 16.0 Å².